The van der Waals surface area contributed by atoms with Crippen molar-refractivity contribution < 1.29 is 9.90 Å². The monoisotopic (exact) mass is 229 g/mol. The minimum atomic E-state index is -0.638. The molecule has 4 heteroatoms. The van der Waals surface area contributed by atoms with Gasteiger partial charge in [-0.05, 0) is 31.4 Å². The lowest BCUT2D eigenvalue weighted by atomic mass is 10.1. The van der Waals surface area contributed by atoms with Crippen LogP contribution in [0.2, 0.25) is 0 Å². The zero-order valence-electron chi connectivity index (χ0n) is 9.19. The van der Waals surface area contributed by atoms with Gasteiger partial charge in [0.25, 0.3) is 0 Å². The summed E-state index contributed by atoms with van der Waals surface area (Å²) in [5.74, 6) is 1.69. The minimum Gasteiger partial charge on any atom is -0.480 e. The van der Waals surface area contributed by atoms with Crippen LogP contribution in [0.3, 0.4) is 0 Å². The van der Waals surface area contributed by atoms with Crippen molar-refractivity contribution in [3.05, 3.63) is 0 Å². The van der Waals surface area contributed by atoms with Gasteiger partial charge in [-0.2, -0.15) is 11.8 Å². The van der Waals surface area contributed by atoms with E-state index in [4.69, 9.17) is 0 Å². The van der Waals surface area contributed by atoms with Crippen LogP contribution in [-0.2, 0) is 4.79 Å². The van der Waals surface area contributed by atoms with Crippen LogP contribution in [0.25, 0.3) is 0 Å². The number of carboxylic acids is 1. The van der Waals surface area contributed by atoms with Gasteiger partial charge in [0.15, 0.2) is 0 Å². The molecule has 0 aromatic heterocycles. The largest absolute Gasteiger partial charge is 0.480 e. The molecule has 1 aliphatic carbocycles. The van der Waals surface area contributed by atoms with E-state index in [1.807, 2.05) is 18.7 Å². The average Bonchev–Trinajstić information content (AvgIpc) is 2.88. The molecule has 0 bridgehead atoms. The van der Waals surface area contributed by atoms with Crippen LogP contribution in [0, 0.1) is 0 Å². The van der Waals surface area contributed by atoms with Crippen molar-refractivity contribution in [3.8, 4) is 0 Å². The molecular weight excluding hydrogens is 210 g/mol. The highest BCUT2D eigenvalue weighted by atomic mass is 32.2. The molecule has 3 nitrogen and oxygen atoms in total. The first kappa shape index (κ1) is 11.3. The van der Waals surface area contributed by atoms with Crippen molar-refractivity contribution in [3.63, 3.8) is 0 Å². The molecule has 0 aromatic rings. The van der Waals surface area contributed by atoms with E-state index in [-0.39, 0.29) is 6.04 Å². The molecule has 0 spiro atoms. The van der Waals surface area contributed by atoms with E-state index >= 15 is 0 Å². The van der Waals surface area contributed by atoms with Crippen molar-refractivity contribution in [1.29, 1.82) is 0 Å². The number of carboxylic acid groups (broad SMARTS) is 1. The summed E-state index contributed by atoms with van der Waals surface area (Å²) < 4.78 is 0. The number of hydrogen-bond donors (Lipinski definition) is 1. The molecule has 0 radical (unpaired) electrons. The smallest absolute Gasteiger partial charge is 0.320 e. The minimum absolute atomic E-state index is 0.249. The Balaban J connectivity index is 2.06. The van der Waals surface area contributed by atoms with Crippen LogP contribution in [-0.4, -0.2) is 45.6 Å². The summed E-state index contributed by atoms with van der Waals surface area (Å²) in [5.41, 5.74) is 0. The lowest BCUT2D eigenvalue weighted by Crippen LogP contribution is -2.48. The van der Waals surface area contributed by atoms with Crippen molar-refractivity contribution in [2.75, 3.05) is 11.5 Å². The molecule has 1 aliphatic heterocycles. The Labute approximate surface area is 95.2 Å². The Kier molecular flexibility index (Phi) is 3.57. The van der Waals surface area contributed by atoms with E-state index in [0.717, 1.165) is 12.2 Å². The number of aliphatic carboxylic acids is 1. The Hall–Kier alpha value is -0.220. The normalized spacial score (nSPS) is 28.3. The molecule has 2 fully saturated rings. The Morgan fingerprint density at radius 2 is 2.20 bits per heavy atom. The first-order valence-electron chi connectivity index (χ1n) is 5.82. The van der Waals surface area contributed by atoms with Gasteiger partial charge < -0.3 is 5.11 Å². The van der Waals surface area contributed by atoms with Gasteiger partial charge in [-0.25, -0.2) is 0 Å². The second-order valence-electron chi connectivity index (χ2n) is 4.46. The van der Waals surface area contributed by atoms with Gasteiger partial charge in [0.05, 0.1) is 0 Å². The second-order valence-corrected chi connectivity index (χ2v) is 5.61. The van der Waals surface area contributed by atoms with E-state index in [1.54, 1.807) is 0 Å². The van der Waals surface area contributed by atoms with Crippen molar-refractivity contribution in [2.24, 2.45) is 0 Å². The number of hydrogen-bond acceptors (Lipinski definition) is 3. The third-order valence-electron chi connectivity index (χ3n) is 3.33. The maximum atomic E-state index is 11.2. The third kappa shape index (κ3) is 2.48. The molecule has 1 N–H and O–H groups in total. The average molecular weight is 229 g/mol. The zero-order chi connectivity index (χ0) is 10.8. The SMILES string of the molecule is CC[C@H](C(=O)O)N(C1CC1)[C@@H]1CCSC1. The van der Waals surface area contributed by atoms with Crippen LogP contribution in [0.15, 0.2) is 0 Å². The second kappa shape index (κ2) is 4.74. The maximum Gasteiger partial charge on any atom is 0.320 e. The fraction of sp³-hybridized carbons (Fsp3) is 0.909. The highest BCUT2D eigenvalue weighted by Crippen LogP contribution is 2.35. The van der Waals surface area contributed by atoms with E-state index in [1.165, 1.54) is 25.0 Å². The van der Waals surface area contributed by atoms with E-state index in [9.17, 15) is 9.90 Å². The topological polar surface area (TPSA) is 40.5 Å². The number of thioether (sulfide) groups is 1. The van der Waals surface area contributed by atoms with Gasteiger partial charge in [0.1, 0.15) is 6.04 Å². The number of carbonyl (C=O) groups is 1. The van der Waals surface area contributed by atoms with Crippen LogP contribution in [0.4, 0.5) is 0 Å². The summed E-state index contributed by atoms with van der Waals surface area (Å²) in [6.45, 7) is 1.98. The molecule has 0 amide bonds. The molecule has 2 rings (SSSR count). The van der Waals surface area contributed by atoms with Gasteiger partial charge in [0, 0.05) is 17.8 Å². The molecule has 2 aliphatic rings. The van der Waals surface area contributed by atoms with Crippen LogP contribution < -0.4 is 0 Å². The van der Waals surface area contributed by atoms with Gasteiger partial charge in [-0.3, -0.25) is 9.69 Å². The van der Waals surface area contributed by atoms with Crippen molar-refractivity contribution in [2.45, 2.75) is 50.7 Å². The quantitative estimate of drug-likeness (QED) is 0.780. The fourth-order valence-corrected chi connectivity index (χ4v) is 3.67. The maximum absolute atomic E-state index is 11.2. The molecule has 86 valence electrons. The first-order chi connectivity index (χ1) is 7.24. The van der Waals surface area contributed by atoms with Crippen LogP contribution >= 0.6 is 11.8 Å². The summed E-state index contributed by atoms with van der Waals surface area (Å²) >= 11 is 1.96. The molecular formula is C11H19NO2S. The third-order valence-corrected chi connectivity index (χ3v) is 4.47. The standard InChI is InChI=1S/C11H19NO2S/c1-2-10(11(13)14)12(8-3-4-8)9-5-6-15-7-9/h8-10H,2-7H2,1H3,(H,13,14)/t9-,10-/m1/s1. The summed E-state index contributed by atoms with van der Waals surface area (Å²) in [7, 11) is 0. The van der Waals surface area contributed by atoms with E-state index in [0.29, 0.717) is 12.1 Å². The van der Waals surface area contributed by atoms with Crippen LogP contribution in [0.1, 0.15) is 32.6 Å². The molecule has 2 atom stereocenters. The number of rotatable bonds is 5. The Morgan fingerprint density at radius 3 is 2.60 bits per heavy atom. The van der Waals surface area contributed by atoms with Crippen molar-refractivity contribution in [1.82, 2.24) is 4.90 Å². The highest BCUT2D eigenvalue weighted by molar-refractivity contribution is 7.99. The predicted octanol–water partition coefficient (Wildman–Crippen LogP) is 1.82. The van der Waals surface area contributed by atoms with Gasteiger partial charge in [-0.15, -0.1) is 0 Å². The number of nitrogens with zero attached hydrogens (tertiary/aromatic N) is 1. The molecule has 1 saturated carbocycles. The first-order valence-corrected chi connectivity index (χ1v) is 6.97. The summed E-state index contributed by atoms with van der Waals surface area (Å²) in [6, 6.07) is 0.833. The molecule has 0 unspecified atom stereocenters. The van der Waals surface area contributed by atoms with Crippen molar-refractivity contribution >= 4 is 17.7 Å². The van der Waals surface area contributed by atoms with Gasteiger partial charge in [-0.1, -0.05) is 6.92 Å². The molecule has 1 saturated heterocycles. The lowest BCUT2D eigenvalue weighted by Gasteiger charge is -2.33. The van der Waals surface area contributed by atoms with E-state index in [2.05, 4.69) is 4.90 Å². The van der Waals surface area contributed by atoms with Crippen LogP contribution in [0.5, 0.6) is 0 Å². The Bertz CT molecular complexity index is 237. The zero-order valence-corrected chi connectivity index (χ0v) is 10.0. The lowest BCUT2D eigenvalue weighted by molar-refractivity contribution is -0.144. The van der Waals surface area contributed by atoms with Gasteiger partial charge in [0.2, 0.25) is 0 Å². The van der Waals surface area contributed by atoms with E-state index < -0.39 is 5.97 Å². The van der Waals surface area contributed by atoms with Gasteiger partial charge >= 0.3 is 5.97 Å². The fourth-order valence-electron chi connectivity index (χ4n) is 2.45. The summed E-state index contributed by atoms with van der Waals surface area (Å²) in [6.07, 6.45) is 4.30. The predicted molar refractivity (Wildman–Crippen MR) is 62.3 cm³/mol. The summed E-state index contributed by atoms with van der Waals surface area (Å²) in [5, 5.41) is 9.23. The molecule has 0 aromatic carbocycles. The summed E-state index contributed by atoms with van der Waals surface area (Å²) in [4.78, 5) is 13.5. The Morgan fingerprint density at radius 1 is 1.47 bits per heavy atom. The molecule has 1 heterocycles. The highest BCUT2D eigenvalue weighted by Gasteiger charge is 2.41. The molecule has 15 heavy (non-hydrogen) atoms.